The molecule has 5 heterocycles. The third-order valence-electron chi connectivity index (χ3n) is 19.9. The van der Waals surface area contributed by atoms with Gasteiger partial charge in [0.15, 0.2) is 0 Å². The van der Waals surface area contributed by atoms with Crippen LogP contribution in [0.4, 0.5) is 0 Å². The van der Waals surface area contributed by atoms with Crippen LogP contribution in [0.1, 0.15) is 83.1 Å². The first-order valence-corrected chi connectivity index (χ1v) is 30.7. The minimum absolute atomic E-state index is 0.360. The van der Waals surface area contributed by atoms with Crippen LogP contribution in [-0.2, 0) is 27.9 Å². The Morgan fingerprint density at radius 1 is 0.267 bits per heavy atom. The molecule has 3 aliphatic heterocycles. The monoisotopic (exact) mass is 1190 g/mol. The summed E-state index contributed by atoms with van der Waals surface area (Å²) in [6.07, 6.45) is 0. The van der Waals surface area contributed by atoms with Crippen LogP contribution in [0.2, 0.25) is 0 Å². The molecule has 3 fully saturated rings. The van der Waals surface area contributed by atoms with Crippen molar-refractivity contribution in [2.45, 2.75) is 117 Å². The van der Waals surface area contributed by atoms with Crippen molar-refractivity contribution in [1.82, 2.24) is 0 Å². The first-order chi connectivity index (χ1) is 41.0. The van der Waals surface area contributed by atoms with E-state index in [9.17, 15) is 0 Å². The topological polar surface area (TPSA) is 81.7 Å². The number of hydrogen-bond acceptors (Lipinski definition) is 8. The van der Waals surface area contributed by atoms with E-state index >= 15 is 0 Å². The van der Waals surface area contributed by atoms with E-state index in [1.807, 2.05) is 73.6 Å². The highest BCUT2D eigenvalue weighted by atomic mass is 79.9. The number of furan rings is 2. The smallest absolute Gasteiger partial charge is 0.456 e. The zero-order chi connectivity index (χ0) is 59.6. The molecule has 86 heavy (non-hydrogen) atoms. The van der Waals surface area contributed by atoms with Crippen molar-refractivity contribution < 1.29 is 36.8 Å². The SMILES string of the molecule is Brc1ccc2oc3cc4c(cc3c2c1)c1ccccc1c1c2ccccc2ccc41.CC1(C)OB(B2OC(C)(C)C(C)(C)O2)OC1(C)C.CC1(C)OB(c2ccc3oc4cc5c(cc4c3c2)c2ccccc2c2c3ccccc3ccc52)OC1(C)C. The van der Waals surface area contributed by atoms with Gasteiger partial charge in [-0.25, -0.2) is 0 Å². The van der Waals surface area contributed by atoms with Gasteiger partial charge in [0.1, 0.15) is 22.3 Å². The lowest BCUT2D eigenvalue weighted by Gasteiger charge is -2.32. The first kappa shape index (κ1) is 55.3. The van der Waals surface area contributed by atoms with Crippen LogP contribution in [-0.4, -0.2) is 54.7 Å². The highest BCUT2D eigenvalue weighted by Gasteiger charge is 2.64. The summed E-state index contributed by atoms with van der Waals surface area (Å²) in [5, 5.41) is 24.8. The van der Waals surface area contributed by atoms with Crippen LogP contribution in [0, 0.1) is 0 Å². The quantitative estimate of drug-likeness (QED) is 0.125. The van der Waals surface area contributed by atoms with E-state index in [2.05, 4.69) is 207 Å². The number of halogens is 1. The van der Waals surface area contributed by atoms with E-state index in [1.165, 1.54) is 86.2 Å². The van der Waals surface area contributed by atoms with Crippen molar-refractivity contribution in [2.24, 2.45) is 0 Å². The summed E-state index contributed by atoms with van der Waals surface area (Å²) in [5.74, 6) is 0. The predicted molar refractivity (Wildman–Crippen MR) is 363 cm³/mol. The number of hydrogen-bond donors (Lipinski definition) is 0. The molecule has 0 aliphatic carbocycles. The molecule has 3 saturated heterocycles. The Balaban J connectivity index is 0.000000116. The second-order valence-corrected chi connectivity index (χ2v) is 27.7. The van der Waals surface area contributed by atoms with Gasteiger partial charge in [0.05, 0.1) is 33.6 Å². The van der Waals surface area contributed by atoms with Gasteiger partial charge < -0.3 is 36.8 Å². The Bertz CT molecular complexity index is 5070. The number of rotatable bonds is 2. The minimum Gasteiger partial charge on any atom is -0.456 e. The Hall–Kier alpha value is -7.25. The lowest BCUT2D eigenvalue weighted by Crippen LogP contribution is -2.41. The maximum absolute atomic E-state index is 6.43. The summed E-state index contributed by atoms with van der Waals surface area (Å²) in [6.45, 7) is 24.6. The van der Waals surface area contributed by atoms with Crippen LogP contribution in [0.25, 0.3) is 130 Å². The predicted octanol–water partition coefficient (Wildman–Crippen LogP) is 19.7. The number of fused-ring (bicyclic) bond motifs is 22. The molecule has 0 atom stereocenters. The average Bonchev–Trinajstić information content (AvgIpc) is 1.05. The molecule has 0 radical (unpaired) electrons. The summed E-state index contributed by atoms with van der Waals surface area (Å²) >= 11 is 3.61. The fraction of sp³-hybridized carbons (Fsp3) is 0.243. The van der Waals surface area contributed by atoms with Gasteiger partial charge in [-0.2, -0.15) is 0 Å². The Morgan fingerprint density at radius 2 is 0.605 bits per heavy atom. The van der Waals surface area contributed by atoms with E-state index in [0.717, 1.165) is 53.8 Å². The van der Waals surface area contributed by atoms with Crippen molar-refractivity contribution >= 4 is 173 Å². The molecule has 426 valence electrons. The molecule has 0 N–H and O–H groups in total. The van der Waals surface area contributed by atoms with Crippen LogP contribution in [0.15, 0.2) is 195 Å². The third-order valence-corrected chi connectivity index (χ3v) is 20.4. The molecule has 8 nitrogen and oxygen atoms in total. The van der Waals surface area contributed by atoms with E-state index in [4.69, 9.17) is 36.8 Å². The van der Waals surface area contributed by atoms with Gasteiger partial charge in [-0.15, -0.1) is 0 Å². The first-order valence-electron chi connectivity index (χ1n) is 29.9. The molecule has 2 aromatic heterocycles. The molecular formula is C74H66B3BrO8. The molecule has 12 aromatic carbocycles. The van der Waals surface area contributed by atoms with Crippen LogP contribution in [0.3, 0.4) is 0 Å². The lowest BCUT2D eigenvalue weighted by molar-refractivity contribution is 0.00578. The Morgan fingerprint density at radius 3 is 1.05 bits per heavy atom. The van der Waals surface area contributed by atoms with Gasteiger partial charge >= 0.3 is 21.1 Å². The standard InChI is InChI=1S/C34H27BO3.C28H15BrO.C12H24B2O4/c1-33(2)34(3,4)38-35(37-33)21-14-16-30-28(17-21)29-18-26-23-11-7-8-12-24(23)32-22-10-6-5-9-20(22)13-15-25(32)27(26)19-31(29)36-30;29-17-10-12-26-24(13-17)25-14-22-19-7-3-4-8-20(19)28-18-6-2-1-5-16(18)9-11-21(28)23(22)15-27(25)30-26;1-9(2)10(3,4)16-13(15-9)14-17-11(5,6)12(7,8)18-14/h5-19H,1-4H3;1-15H;1-8H3. The summed E-state index contributed by atoms with van der Waals surface area (Å²) in [4.78, 5) is 0. The molecule has 0 unspecified atom stereocenters. The second kappa shape index (κ2) is 19.4. The van der Waals surface area contributed by atoms with Crippen molar-refractivity contribution in [3.8, 4) is 0 Å². The van der Waals surface area contributed by atoms with Gasteiger partial charge in [-0.3, -0.25) is 0 Å². The molecule has 0 saturated carbocycles. The van der Waals surface area contributed by atoms with Crippen LogP contribution in [0.5, 0.6) is 0 Å². The molecular weight excluding hydrogens is 1130 g/mol. The second-order valence-electron chi connectivity index (χ2n) is 26.7. The molecule has 3 aliphatic rings. The Labute approximate surface area is 509 Å². The maximum atomic E-state index is 6.43. The summed E-state index contributed by atoms with van der Waals surface area (Å²) < 4.78 is 50.3. The van der Waals surface area contributed by atoms with E-state index in [0.29, 0.717) is 0 Å². The normalized spacial score (nSPS) is 18.5. The Kier molecular flexibility index (Phi) is 12.5. The maximum Gasteiger partial charge on any atom is 0.494 e. The number of benzene rings is 12. The fourth-order valence-corrected chi connectivity index (χ4v) is 13.5. The average molecular weight is 1200 g/mol. The van der Waals surface area contributed by atoms with Gasteiger partial charge in [0.25, 0.3) is 0 Å². The van der Waals surface area contributed by atoms with Crippen molar-refractivity contribution in [3.63, 3.8) is 0 Å². The molecule has 0 spiro atoms. The zero-order valence-corrected chi connectivity index (χ0v) is 52.3. The van der Waals surface area contributed by atoms with Gasteiger partial charge in [0.2, 0.25) is 0 Å². The highest BCUT2D eigenvalue weighted by Crippen LogP contribution is 2.47. The summed E-state index contributed by atoms with van der Waals surface area (Å²) in [5.41, 5.74) is 2.41. The van der Waals surface area contributed by atoms with Gasteiger partial charge in [-0.05, 0) is 223 Å². The molecule has 0 bridgehead atoms. The van der Waals surface area contributed by atoms with Gasteiger partial charge in [-0.1, -0.05) is 149 Å². The van der Waals surface area contributed by atoms with E-state index in [-0.39, 0.29) is 33.6 Å². The molecule has 12 heteroatoms. The zero-order valence-electron chi connectivity index (χ0n) is 50.7. The largest absolute Gasteiger partial charge is 0.494 e. The third kappa shape index (κ3) is 8.64. The fourth-order valence-electron chi connectivity index (χ4n) is 13.1. The van der Waals surface area contributed by atoms with Gasteiger partial charge in [0, 0.05) is 26.0 Å². The molecule has 14 aromatic rings. The summed E-state index contributed by atoms with van der Waals surface area (Å²) in [6, 6.07) is 65.3. The van der Waals surface area contributed by atoms with Crippen molar-refractivity contribution in [2.75, 3.05) is 0 Å². The highest BCUT2D eigenvalue weighted by molar-refractivity contribution is 9.10. The van der Waals surface area contributed by atoms with E-state index < -0.39 is 21.1 Å². The minimum atomic E-state index is -0.476. The lowest BCUT2D eigenvalue weighted by atomic mass is 9.49. The molecule has 0 amide bonds. The van der Waals surface area contributed by atoms with Crippen molar-refractivity contribution in [1.29, 1.82) is 0 Å². The van der Waals surface area contributed by atoms with Crippen LogP contribution >= 0.6 is 15.9 Å². The molecule has 17 rings (SSSR count). The van der Waals surface area contributed by atoms with E-state index in [1.54, 1.807) is 0 Å². The summed E-state index contributed by atoms with van der Waals surface area (Å²) in [7, 11) is -1.36. The van der Waals surface area contributed by atoms with Crippen LogP contribution < -0.4 is 5.46 Å². The van der Waals surface area contributed by atoms with Crippen molar-refractivity contribution in [3.05, 3.63) is 186 Å².